The van der Waals surface area contributed by atoms with E-state index in [1.54, 1.807) is 35.7 Å². The lowest BCUT2D eigenvalue weighted by Crippen LogP contribution is -2.23. The van der Waals surface area contributed by atoms with E-state index in [9.17, 15) is 18.8 Å². The van der Waals surface area contributed by atoms with Gasteiger partial charge in [-0.1, -0.05) is 30.3 Å². The van der Waals surface area contributed by atoms with E-state index in [1.165, 1.54) is 30.0 Å². The summed E-state index contributed by atoms with van der Waals surface area (Å²) in [5.41, 5.74) is 0.568. The summed E-state index contributed by atoms with van der Waals surface area (Å²) >= 11 is 1.13. The highest BCUT2D eigenvalue weighted by atomic mass is 32.1. The van der Waals surface area contributed by atoms with Crippen molar-refractivity contribution in [3.8, 4) is 0 Å². The van der Waals surface area contributed by atoms with Crippen LogP contribution in [0, 0.1) is 5.82 Å². The largest absolute Gasteiger partial charge is 0.459 e. The lowest BCUT2D eigenvalue weighted by atomic mass is 10.1. The summed E-state index contributed by atoms with van der Waals surface area (Å²) in [5.74, 6) is -1.50. The van der Waals surface area contributed by atoms with Gasteiger partial charge in [-0.15, -0.1) is 11.3 Å². The SMILES string of the molecule is CC(=O)N(c1nc(COC(=O)Cc2n[nH]c(=O)c3ccccc23)cs1)c1ccccc1F. The number of rotatable bonds is 6. The number of thiazole rings is 1. The molecular weight excluding hydrogens is 435 g/mol. The number of carbonyl (C=O) groups excluding carboxylic acids is 2. The second kappa shape index (κ2) is 9.06. The molecule has 2 aromatic carbocycles. The number of nitrogens with one attached hydrogen (secondary N) is 1. The molecule has 8 nitrogen and oxygen atoms in total. The number of ether oxygens (including phenoxy) is 1. The summed E-state index contributed by atoms with van der Waals surface area (Å²) in [6.07, 6.45) is -0.136. The lowest BCUT2D eigenvalue weighted by molar-refractivity contribution is -0.144. The Bertz CT molecular complexity index is 1370. The highest BCUT2D eigenvalue weighted by Gasteiger charge is 2.21. The predicted molar refractivity (Wildman–Crippen MR) is 117 cm³/mol. The Balaban J connectivity index is 1.46. The average Bonchev–Trinajstić information content (AvgIpc) is 3.24. The summed E-state index contributed by atoms with van der Waals surface area (Å²) in [6, 6.07) is 12.7. The highest BCUT2D eigenvalue weighted by molar-refractivity contribution is 7.14. The minimum atomic E-state index is -0.554. The predicted octanol–water partition coefficient (Wildman–Crippen LogP) is 3.49. The molecule has 0 saturated heterocycles. The number of anilines is 2. The van der Waals surface area contributed by atoms with Gasteiger partial charge in [0, 0.05) is 17.7 Å². The van der Waals surface area contributed by atoms with E-state index in [2.05, 4.69) is 15.2 Å². The van der Waals surface area contributed by atoms with Crippen LogP contribution in [0.25, 0.3) is 10.8 Å². The number of hydrogen-bond donors (Lipinski definition) is 1. The standard InChI is InChI=1S/C22H17FN4O4S/c1-13(28)27(19-9-5-4-8-17(19)23)22-24-14(12-32-22)11-31-20(29)10-18-15-6-2-3-7-16(15)21(30)26-25-18/h2-9,12H,10-11H2,1H3,(H,26,30). The number of benzene rings is 2. The number of H-pyrrole nitrogens is 1. The Morgan fingerprint density at radius 1 is 1.12 bits per heavy atom. The van der Waals surface area contributed by atoms with E-state index >= 15 is 0 Å². The van der Waals surface area contributed by atoms with Crippen LogP contribution in [0.4, 0.5) is 15.2 Å². The molecule has 0 unspecified atom stereocenters. The maximum absolute atomic E-state index is 14.2. The van der Waals surface area contributed by atoms with Gasteiger partial charge in [0.05, 0.1) is 28.9 Å². The van der Waals surface area contributed by atoms with Crippen molar-refractivity contribution in [3.05, 3.63) is 81.5 Å². The zero-order valence-corrected chi connectivity index (χ0v) is 17.7. The van der Waals surface area contributed by atoms with Crippen LogP contribution in [0.3, 0.4) is 0 Å². The van der Waals surface area contributed by atoms with E-state index in [4.69, 9.17) is 4.74 Å². The van der Waals surface area contributed by atoms with Crippen LogP contribution in [0.2, 0.25) is 0 Å². The van der Waals surface area contributed by atoms with Crippen LogP contribution < -0.4 is 10.5 Å². The fourth-order valence-electron chi connectivity index (χ4n) is 3.15. The van der Waals surface area contributed by atoms with Crippen molar-refractivity contribution in [3.63, 3.8) is 0 Å². The molecule has 0 fully saturated rings. The third-order valence-electron chi connectivity index (χ3n) is 4.61. The van der Waals surface area contributed by atoms with E-state index in [1.807, 2.05) is 0 Å². The van der Waals surface area contributed by atoms with Crippen LogP contribution in [0.15, 0.2) is 58.7 Å². The van der Waals surface area contributed by atoms with E-state index < -0.39 is 17.7 Å². The number of para-hydroxylation sites is 1. The Kier molecular flexibility index (Phi) is 6.04. The monoisotopic (exact) mass is 452 g/mol. The normalized spacial score (nSPS) is 10.8. The Morgan fingerprint density at radius 3 is 2.59 bits per heavy atom. The van der Waals surface area contributed by atoms with Crippen LogP contribution in [-0.2, 0) is 27.4 Å². The molecule has 4 rings (SSSR count). The van der Waals surface area contributed by atoms with Crippen molar-refractivity contribution in [1.29, 1.82) is 0 Å². The number of aromatic amines is 1. The second-order valence-electron chi connectivity index (χ2n) is 6.81. The van der Waals surface area contributed by atoms with Gasteiger partial charge in [0.25, 0.3) is 5.56 Å². The smallest absolute Gasteiger partial charge is 0.312 e. The number of fused-ring (bicyclic) bond motifs is 1. The number of halogens is 1. The fourth-order valence-corrected chi connectivity index (χ4v) is 4.02. The molecule has 1 N–H and O–H groups in total. The van der Waals surface area contributed by atoms with Crippen LogP contribution in [0.1, 0.15) is 18.3 Å². The van der Waals surface area contributed by atoms with Crippen LogP contribution in [-0.4, -0.2) is 27.1 Å². The van der Waals surface area contributed by atoms with Crippen molar-refractivity contribution in [1.82, 2.24) is 15.2 Å². The number of carbonyl (C=O) groups is 2. The summed E-state index contributed by atoms with van der Waals surface area (Å²) in [6.45, 7) is 1.19. The lowest BCUT2D eigenvalue weighted by Gasteiger charge is -2.18. The highest BCUT2D eigenvalue weighted by Crippen LogP contribution is 2.30. The quantitative estimate of drug-likeness (QED) is 0.449. The zero-order chi connectivity index (χ0) is 22.7. The summed E-state index contributed by atoms with van der Waals surface area (Å²) in [5, 5.41) is 9.24. The maximum Gasteiger partial charge on any atom is 0.312 e. The van der Waals surface area contributed by atoms with Gasteiger partial charge in [0.2, 0.25) is 5.91 Å². The van der Waals surface area contributed by atoms with Crippen LogP contribution in [0.5, 0.6) is 0 Å². The molecule has 0 bridgehead atoms. The van der Waals surface area contributed by atoms with Crippen molar-refractivity contribution in [2.24, 2.45) is 0 Å². The Hall–Kier alpha value is -3.92. The molecule has 0 saturated carbocycles. The van der Waals surface area contributed by atoms with Crippen molar-refractivity contribution >= 4 is 44.8 Å². The summed E-state index contributed by atoms with van der Waals surface area (Å²) in [4.78, 5) is 41.8. The van der Waals surface area contributed by atoms with Crippen molar-refractivity contribution < 1.29 is 18.7 Å². The van der Waals surface area contributed by atoms with E-state index in [0.29, 0.717) is 22.2 Å². The molecule has 2 aromatic heterocycles. The first-order chi connectivity index (χ1) is 15.4. The van der Waals surface area contributed by atoms with E-state index in [0.717, 1.165) is 11.3 Å². The minimum absolute atomic E-state index is 0.0916. The van der Waals surface area contributed by atoms with Gasteiger partial charge in [-0.2, -0.15) is 5.10 Å². The Labute approximate surface area is 185 Å². The number of amides is 1. The van der Waals surface area contributed by atoms with Gasteiger partial charge >= 0.3 is 5.97 Å². The van der Waals surface area contributed by atoms with Gasteiger partial charge in [-0.3, -0.25) is 19.3 Å². The zero-order valence-electron chi connectivity index (χ0n) is 16.9. The molecule has 0 spiro atoms. The number of nitrogens with zero attached hydrogens (tertiary/aromatic N) is 3. The van der Waals surface area contributed by atoms with Gasteiger partial charge in [0.1, 0.15) is 12.4 Å². The number of esters is 1. The average molecular weight is 452 g/mol. The first-order valence-corrected chi connectivity index (χ1v) is 10.4. The minimum Gasteiger partial charge on any atom is -0.459 e. The first-order valence-electron chi connectivity index (χ1n) is 9.55. The third kappa shape index (κ3) is 4.40. The number of hydrogen-bond acceptors (Lipinski definition) is 7. The molecule has 10 heteroatoms. The molecule has 0 aliphatic rings. The molecule has 1 amide bonds. The molecule has 162 valence electrons. The van der Waals surface area contributed by atoms with Gasteiger partial charge in [-0.25, -0.2) is 14.5 Å². The molecule has 4 aromatic rings. The maximum atomic E-state index is 14.2. The van der Waals surface area contributed by atoms with Gasteiger partial charge in [-0.05, 0) is 18.2 Å². The van der Waals surface area contributed by atoms with Gasteiger partial charge in [0.15, 0.2) is 5.13 Å². The topological polar surface area (TPSA) is 105 Å². The number of aromatic nitrogens is 3. The van der Waals surface area contributed by atoms with Gasteiger partial charge < -0.3 is 4.74 Å². The molecule has 0 radical (unpaired) electrons. The summed E-state index contributed by atoms with van der Waals surface area (Å²) < 4.78 is 19.5. The Morgan fingerprint density at radius 2 is 1.84 bits per heavy atom. The van der Waals surface area contributed by atoms with Crippen molar-refractivity contribution in [2.75, 3.05) is 4.90 Å². The molecule has 0 aliphatic carbocycles. The first kappa shape index (κ1) is 21.3. The summed E-state index contributed by atoms with van der Waals surface area (Å²) in [7, 11) is 0. The molecule has 0 atom stereocenters. The molecular formula is C22H17FN4O4S. The molecule has 32 heavy (non-hydrogen) atoms. The van der Waals surface area contributed by atoms with Crippen molar-refractivity contribution in [2.45, 2.75) is 20.0 Å². The fraction of sp³-hybridized carbons (Fsp3) is 0.136. The van der Waals surface area contributed by atoms with Crippen LogP contribution >= 0.6 is 11.3 Å². The molecule has 0 aliphatic heterocycles. The second-order valence-corrected chi connectivity index (χ2v) is 7.65. The van der Waals surface area contributed by atoms with E-state index in [-0.39, 0.29) is 29.4 Å². The third-order valence-corrected chi connectivity index (χ3v) is 5.48. The molecule has 2 heterocycles.